The molecule has 1 aliphatic carbocycles. The van der Waals surface area contributed by atoms with Crippen LogP contribution in [0.15, 0.2) is 12.1 Å². The minimum Gasteiger partial charge on any atom is -0.495 e. The van der Waals surface area contributed by atoms with Crippen molar-refractivity contribution in [2.45, 2.75) is 24.8 Å². The van der Waals surface area contributed by atoms with Crippen LogP contribution in [0.2, 0.25) is 5.02 Å². The van der Waals surface area contributed by atoms with Crippen molar-refractivity contribution in [3.8, 4) is 11.5 Å². The number of methoxy groups -OCH3 is 2. The lowest BCUT2D eigenvalue weighted by atomic mass is 9.77. The van der Waals surface area contributed by atoms with Crippen molar-refractivity contribution in [2.24, 2.45) is 5.73 Å². The van der Waals surface area contributed by atoms with Gasteiger partial charge in [-0.1, -0.05) is 11.6 Å². The standard InChI is InChI=1S/C13H17ClN2O3/c1-18-10-7-9(11(19-2)6-8(10)14)16-12(17)13(15)4-3-5-13/h6-7H,3-5,15H2,1-2H3,(H,16,17). The number of nitrogens with two attached hydrogens (primary N) is 1. The minimum absolute atomic E-state index is 0.207. The maximum atomic E-state index is 12.1. The van der Waals surface area contributed by atoms with E-state index >= 15 is 0 Å². The predicted molar refractivity (Wildman–Crippen MR) is 74.0 cm³/mol. The van der Waals surface area contributed by atoms with Crippen molar-refractivity contribution >= 4 is 23.2 Å². The molecule has 0 spiro atoms. The zero-order valence-electron chi connectivity index (χ0n) is 11.0. The van der Waals surface area contributed by atoms with Crippen molar-refractivity contribution in [1.29, 1.82) is 0 Å². The number of carbonyl (C=O) groups is 1. The molecule has 1 amide bonds. The van der Waals surface area contributed by atoms with Crippen LogP contribution in [0.25, 0.3) is 0 Å². The molecule has 0 heterocycles. The fourth-order valence-electron chi connectivity index (χ4n) is 1.99. The molecule has 1 saturated carbocycles. The van der Waals surface area contributed by atoms with E-state index < -0.39 is 5.54 Å². The Labute approximate surface area is 117 Å². The van der Waals surface area contributed by atoms with Crippen molar-refractivity contribution in [3.63, 3.8) is 0 Å². The zero-order chi connectivity index (χ0) is 14.0. The van der Waals surface area contributed by atoms with Crippen LogP contribution >= 0.6 is 11.6 Å². The second-order valence-electron chi connectivity index (χ2n) is 4.65. The average molecular weight is 285 g/mol. The third-order valence-electron chi connectivity index (χ3n) is 3.42. The molecule has 0 bridgehead atoms. The quantitative estimate of drug-likeness (QED) is 0.889. The monoisotopic (exact) mass is 284 g/mol. The van der Waals surface area contributed by atoms with Gasteiger partial charge in [0.1, 0.15) is 11.5 Å². The highest BCUT2D eigenvalue weighted by Gasteiger charge is 2.40. The van der Waals surface area contributed by atoms with Crippen LogP contribution < -0.4 is 20.5 Å². The molecule has 2 rings (SSSR count). The molecule has 5 nitrogen and oxygen atoms in total. The van der Waals surface area contributed by atoms with Crippen LogP contribution in [-0.2, 0) is 4.79 Å². The Balaban J connectivity index is 2.25. The maximum Gasteiger partial charge on any atom is 0.244 e. The van der Waals surface area contributed by atoms with E-state index in [0.717, 1.165) is 6.42 Å². The summed E-state index contributed by atoms with van der Waals surface area (Å²) in [6.07, 6.45) is 2.38. The van der Waals surface area contributed by atoms with Crippen LogP contribution in [0.4, 0.5) is 5.69 Å². The molecule has 3 N–H and O–H groups in total. The summed E-state index contributed by atoms with van der Waals surface area (Å²) in [7, 11) is 3.02. The van der Waals surface area contributed by atoms with Crippen molar-refractivity contribution < 1.29 is 14.3 Å². The summed E-state index contributed by atoms with van der Waals surface area (Å²) in [4.78, 5) is 12.1. The maximum absolute atomic E-state index is 12.1. The second kappa shape index (κ2) is 5.27. The van der Waals surface area contributed by atoms with Crippen LogP contribution in [0.1, 0.15) is 19.3 Å². The van der Waals surface area contributed by atoms with Crippen molar-refractivity contribution in [2.75, 3.05) is 19.5 Å². The summed E-state index contributed by atoms with van der Waals surface area (Å²) in [5.41, 5.74) is 5.72. The Morgan fingerprint density at radius 1 is 1.32 bits per heavy atom. The third kappa shape index (κ3) is 2.62. The highest BCUT2D eigenvalue weighted by atomic mass is 35.5. The van der Waals surface area contributed by atoms with E-state index in [-0.39, 0.29) is 5.91 Å². The van der Waals surface area contributed by atoms with E-state index in [4.69, 9.17) is 26.8 Å². The molecule has 1 aliphatic rings. The fraction of sp³-hybridized carbons (Fsp3) is 0.462. The molecule has 1 aromatic rings. The van der Waals surface area contributed by atoms with Gasteiger partial charge in [-0.25, -0.2) is 0 Å². The summed E-state index contributed by atoms with van der Waals surface area (Å²) in [5.74, 6) is 0.737. The topological polar surface area (TPSA) is 73.6 Å². The summed E-state index contributed by atoms with van der Waals surface area (Å²) < 4.78 is 10.3. The number of hydrogen-bond donors (Lipinski definition) is 2. The molecule has 19 heavy (non-hydrogen) atoms. The first-order valence-electron chi connectivity index (χ1n) is 6.02. The molecule has 0 aliphatic heterocycles. The van der Waals surface area contributed by atoms with E-state index in [9.17, 15) is 4.79 Å². The van der Waals surface area contributed by atoms with Gasteiger partial charge in [0.15, 0.2) is 0 Å². The number of nitrogens with one attached hydrogen (secondary N) is 1. The molecule has 6 heteroatoms. The molecule has 0 atom stereocenters. The number of ether oxygens (including phenoxy) is 2. The van der Waals surface area contributed by atoms with Gasteiger partial charge in [-0.3, -0.25) is 4.79 Å². The lowest BCUT2D eigenvalue weighted by Crippen LogP contribution is -2.56. The number of halogens is 1. The number of amides is 1. The van der Waals surface area contributed by atoms with Gasteiger partial charge in [0.2, 0.25) is 5.91 Å². The van der Waals surface area contributed by atoms with Crippen LogP contribution in [0.3, 0.4) is 0 Å². The summed E-state index contributed by atoms with van der Waals surface area (Å²) in [5, 5.41) is 3.20. The Morgan fingerprint density at radius 3 is 2.42 bits per heavy atom. The molecule has 0 unspecified atom stereocenters. The highest BCUT2D eigenvalue weighted by Crippen LogP contribution is 2.37. The summed E-state index contributed by atoms with van der Waals surface area (Å²) in [6.45, 7) is 0. The van der Waals surface area contributed by atoms with E-state index in [2.05, 4.69) is 5.32 Å². The SMILES string of the molecule is COc1cc(NC(=O)C2(N)CCC2)c(OC)cc1Cl. The number of rotatable bonds is 4. The van der Waals surface area contributed by atoms with Crippen LogP contribution in [-0.4, -0.2) is 25.7 Å². The van der Waals surface area contributed by atoms with Gasteiger partial charge in [0.05, 0.1) is 30.5 Å². The summed E-state index contributed by atoms with van der Waals surface area (Å²) >= 11 is 6.00. The van der Waals surface area contributed by atoms with E-state index in [1.54, 1.807) is 12.1 Å². The first kappa shape index (κ1) is 14.0. The predicted octanol–water partition coefficient (Wildman–Crippen LogP) is 2.18. The number of anilines is 1. The van der Waals surface area contributed by atoms with Gasteiger partial charge in [-0.05, 0) is 19.3 Å². The first-order valence-corrected chi connectivity index (χ1v) is 6.40. The first-order chi connectivity index (χ1) is 9.00. The Morgan fingerprint density at radius 2 is 1.95 bits per heavy atom. The number of benzene rings is 1. The largest absolute Gasteiger partial charge is 0.495 e. The Bertz CT molecular complexity index is 501. The molecule has 0 saturated heterocycles. The summed E-state index contributed by atoms with van der Waals surface area (Å²) in [6, 6.07) is 3.22. The zero-order valence-corrected chi connectivity index (χ0v) is 11.7. The van der Waals surface area contributed by atoms with Crippen LogP contribution in [0.5, 0.6) is 11.5 Å². The number of hydrogen-bond acceptors (Lipinski definition) is 4. The lowest BCUT2D eigenvalue weighted by Gasteiger charge is -2.36. The van der Waals surface area contributed by atoms with Crippen LogP contribution in [0, 0.1) is 0 Å². The molecule has 0 radical (unpaired) electrons. The minimum atomic E-state index is -0.766. The van der Waals surface area contributed by atoms with Gasteiger partial charge in [0, 0.05) is 12.1 Å². The Kier molecular flexibility index (Phi) is 3.87. The van der Waals surface area contributed by atoms with Gasteiger partial charge in [0.25, 0.3) is 0 Å². The van der Waals surface area contributed by atoms with Crippen molar-refractivity contribution in [1.82, 2.24) is 0 Å². The number of carbonyl (C=O) groups excluding carboxylic acids is 1. The second-order valence-corrected chi connectivity index (χ2v) is 5.06. The fourth-order valence-corrected chi connectivity index (χ4v) is 2.22. The molecule has 1 fully saturated rings. The van der Waals surface area contributed by atoms with E-state index in [1.807, 2.05) is 0 Å². The normalized spacial score (nSPS) is 16.4. The van der Waals surface area contributed by atoms with Crippen molar-refractivity contribution in [3.05, 3.63) is 17.2 Å². The molecule has 104 valence electrons. The molecule has 0 aromatic heterocycles. The van der Waals surface area contributed by atoms with E-state index in [1.165, 1.54) is 14.2 Å². The molecular formula is C13H17ClN2O3. The smallest absolute Gasteiger partial charge is 0.244 e. The third-order valence-corrected chi connectivity index (χ3v) is 3.72. The van der Waals surface area contributed by atoms with E-state index in [0.29, 0.717) is 35.1 Å². The van der Waals surface area contributed by atoms with Gasteiger partial charge < -0.3 is 20.5 Å². The lowest BCUT2D eigenvalue weighted by molar-refractivity contribution is -0.123. The van der Waals surface area contributed by atoms with Gasteiger partial charge in [-0.2, -0.15) is 0 Å². The highest BCUT2D eigenvalue weighted by molar-refractivity contribution is 6.32. The average Bonchev–Trinajstić information content (AvgIpc) is 2.37. The molecule has 1 aromatic carbocycles. The Hall–Kier alpha value is -1.46. The van der Waals surface area contributed by atoms with Gasteiger partial charge >= 0.3 is 0 Å². The molecular weight excluding hydrogens is 268 g/mol. The van der Waals surface area contributed by atoms with Gasteiger partial charge in [-0.15, -0.1) is 0 Å².